The molecule has 1 atom stereocenters. The van der Waals surface area contributed by atoms with Gasteiger partial charge in [0, 0.05) is 5.38 Å². The predicted molar refractivity (Wildman–Crippen MR) is 101 cm³/mol. The first-order valence-corrected chi connectivity index (χ1v) is 9.30. The van der Waals surface area contributed by atoms with Crippen LogP contribution in [0.25, 0.3) is 5.57 Å². The molecule has 4 heteroatoms. The van der Waals surface area contributed by atoms with Crippen molar-refractivity contribution >= 4 is 27.9 Å². The SMILES string of the molecule is CCCC1C=C(c2csc(NC(=O)Cc3ccccc3)n2)C=CC1. The van der Waals surface area contributed by atoms with Crippen LogP contribution in [0.3, 0.4) is 0 Å². The minimum atomic E-state index is -0.0286. The summed E-state index contributed by atoms with van der Waals surface area (Å²) in [5, 5.41) is 5.58. The number of hydrogen-bond acceptors (Lipinski definition) is 3. The number of benzene rings is 1. The van der Waals surface area contributed by atoms with Crippen molar-refractivity contribution in [2.24, 2.45) is 5.92 Å². The molecule has 1 amide bonds. The van der Waals surface area contributed by atoms with Gasteiger partial charge < -0.3 is 5.32 Å². The molecule has 0 saturated heterocycles. The van der Waals surface area contributed by atoms with Gasteiger partial charge in [0.2, 0.25) is 5.91 Å². The van der Waals surface area contributed by atoms with Crippen LogP contribution in [-0.2, 0) is 11.2 Å². The number of thiazole rings is 1. The standard InChI is InChI=1S/C20H22N2OS/c1-2-7-15-10-6-11-17(12-15)18-14-24-20(21-18)22-19(23)13-16-8-4-3-5-9-16/h3-6,8-9,11-12,14-15H,2,7,10,13H2,1H3,(H,21,22,23). The molecule has 3 nitrogen and oxygen atoms in total. The minimum Gasteiger partial charge on any atom is -0.302 e. The van der Waals surface area contributed by atoms with Crippen molar-refractivity contribution in [1.82, 2.24) is 4.98 Å². The van der Waals surface area contributed by atoms with E-state index in [0.29, 0.717) is 17.5 Å². The molecule has 1 unspecified atom stereocenters. The van der Waals surface area contributed by atoms with Crippen LogP contribution in [-0.4, -0.2) is 10.9 Å². The maximum atomic E-state index is 12.1. The third kappa shape index (κ3) is 4.42. The topological polar surface area (TPSA) is 42.0 Å². The van der Waals surface area contributed by atoms with Gasteiger partial charge in [0.05, 0.1) is 12.1 Å². The third-order valence-electron chi connectivity index (χ3n) is 4.06. The largest absolute Gasteiger partial charge is 0.302 e. The zero-order chi connectivity index (χ0) is 16.8. The Balaban J connectivity index is 1.63. The monoisotopic (exact) mass is 338 g/mol. The molecule has 0 fully saturated rings. The van der Waals surface area contributed by atoms with Gasteiger partial charge in [-0.05, 0) is 29.9 Å². The zero-order valence-corrected chi connectivity index (χ0v) is 14.7. The Hall–Kier alpha value is -2.20. The number of carbonyl (C=O) groups excluding carboxylic acids is 1. The molecule has 0 spiro atoms. The van der Waals surface area contributed by atoms with Crippen LogP contribution in [0.4, 0.5) is 5.13 Å². The Morgan fingerprint density at radius 3 is 2.96 bits per heavy atom. The first-order valence-electron chi connectivity index (χ1n) is 8.42. The molecule has 1 aromatic heterocycles. The lowest BCUT2D eigenvalue weighted by Crippen LogP contribution is -2.14. The fourth-order valence-electron chi connectivity index (χ4n) is 2.90. The van der Waals surface area contributed by atoms with Crippen LogP contribution < -0.4 is 5.32 Å². The van der Waals surface area contributed by atoms with E-state index < -0.39 is 0 Å². The highest BCUT2D eigenvalue weighted by Crippen LogP contribution is 2.29. The van der Waals surface area contributed by atoms with Gasteiger partial charge in [-0.15, -0.1) is 11.3 Å². The van der Waals surface area contributed by atoms with Crippen LogP contribution in [0.2, 0.25) is 0 Å². The fourth-order valence-corrected chi connectivity index (χ4v) is 3.63. The Kier molecular flexibility index (Phi) is 5.59. The van der Waals surface area contributed by atoms with Gasteiger partial charge in [0.25, 0.3) is 0 Å². The smallest absolute Gasteiger partial charge is 0.230 e. The van der Waals surface area contributed by atoms with E-state index in [0.717, 1.165) is 17.7 Å². The van der Waals surface area contributed by atoms with E-state index in [4.69, 9.17) is 0 Å². The summed E-state index contributed by atoms with van der Waals surface area (Å²) in [5.41, 5.74) is 3.12. The fraction of sp³-hybridized carbons (Fsp3) is 0.300. The summed E-state index contributed by atoms with van der Waals surface area (Å²) < 4.78 is 0. The maximum absolute atomic E-state index is 12.1. The molecule has 0 radical (unpaired) electrons. The van der Waals surface area contributed by atoms with Crippen molar-refractivity contribution in [2.45, 2.75) is 32.6 Å². The number of carbonyl (C=O) groups is 1. The van der Waals surface area contributed by atoms with Crippen molar-refractivity contribution in [1.29, 1.82) is 0 Å². The quantitative estimate of drug-likeness (QED) is 0.797. The van der Waals surface area contributed by atoms with E-state index in [1.54, 1.807) is 0 Å². The summed E-state index contributed by atoms with van der Waals surface area (Å²) >= 11 is 1.48. The van der Waals surface area contributed by atoms with Gasteiger partial charge in [0.1, 0.15) is 0 Å². The zero-order valence-electron chi connectivity index (χ0n) is 13.9. The van der Waals surface area contributed by atoms with Gasteiger partial charge in [-0.3, -0.25) is 4.79 Å². The number of nitrogens with one attached hydrogen (secondary N) is 1. The molecule has 1 aromatic carbocycles. The summed E-state index contributed by atoms with van der Waals surface area (Å²) in [4.78, 5) is 16.7. The van der Waals surface area contributed by atoms with Crippen molar-refractivity contribution in [3.8, 4) is 0 Å². The lowest BCUT2D eigenvalue weighted by molar-refractivity contribution is -0.115. The van der Waals surface area contributed by atoms with E-state index in [1.807, 2.05) is 35.7 Å². The van der Waals surface area contributed by atoms with Gasteiger partial charge >= 0.3 is 0 Å². The van der Waals surface area contributed by atoms with Gasteiger partial charge in [0.15, 0.2) is 5.13 Å². The molecular formula is C20H22N2OS. The second-order valence-corrected chi connectivity index (χ2v) is 6.92. The summed E-state index contributed by atoms with van der Waals surface area (Å²) in [6.07, 6.45) is 10.6. The summed E-state index contributed by atoms with van der Waals surface area (Å²) in [6.45, 7) is 2.22. The molecule has 1 heterocycles. The van der Waals surface area contributed by atoms with E-state index in [-0.39, 0.29) is 5.91 Å². The molecule has 24 heavy (non-hydrogen) atoms. The number of amides is 1. The Bertz CT molecular complexity index is 746. The van der Waals surface area contributed by atoms with Gasteiger partial charge in [-0.25, -0.2) is 4.98 Å². The molecule has 0 bridgehead atoms. The van der Waals surface area contributed by atoms with Crippen LogP contribution in [0.5, 0.6) is 0 Å². The molecule has 124 valence electrons. The molecule has 0 aliphatic heterocycles. The average Bonchev–Trinajstić information content (AvgIpc) is 3.05. The van der Waals surface area contributed by atoms with Crippen molar-refractivity contribution in [3.05, 3.63) is 65.2 Å². The molecule has 1 N–H and O–H groups in total. The molecule has 1 aliphatic carbocycles. The maximum Gasteiger partial charge on any atom is 0.230 e. The molecular weight excluding hydrogens is 316 g/mol. The number of aromatic nitrogens is 1. The number of nitrogens with zero attached hydrogens (tertiary/aromatic N) is 1. The summed E-state index contributed by atoms with van der Waals surface area (Å²) in [6, 6.07) is 9.75. The highest BCUT2D eigenvalue weighted by Gasteiger charge is 2.13. The number of anilines is 1. The molecule has 2 aromatic rings. The predicted octanol–water partition coefficient (Wildman–Crippen LogP) is 5.08. The minimum absolute atomic E-state index is 0.0286. The van der Waals surface area contributed by atoms with E-state index >= 15 is 0 Å². The Labute approximate surface area is 147 Å². The van der Waals surface area contributed by atoms with Crippen LogP contribution in [0.15, 0.2) is 53.9 Å². The number of hydrogen-bond donors (Lipinski definition) is 1. The molecule has 3 rings (SSSR count). The second-order valence-electron chi connectivity index (χ2n) is 6.06. The van der Waals surface area contributed by atoms with Gasteiger partial charge in [-0.2, -0.15) is 0 Å². The summed E-state index contributed by atoms with van der Waals surface area (Å²) in [7, 11) is 0. The molecule has 1 aliphatic rings. The number of rotatable bonds is 6. The average molecular weight is 338 g/mol. The van der Waals surface area contributed by atoms with Gasteiger partial charge in [-0.1, -0.05) is 61.9 Å². The van der Waals surface area contributed by atoms with Crippen LogP contribution in [0.1, 0.15) is 37.4 Å². The second kappa shape index (κ2) is 8.06. The first-order chi connectivity index (χ1) is 11.7. The normalized spacial score (nSPS) is 16.7. The van der Waals surface area contributed by atoms with E-state index in [9.17, 15) is 4.79 Å². The third-order valence-corrected chi connectivity index (χ3v) is 4.82. The van der Waals surface area contributed by atoms with Crippen LogP contribution >= 0.6 is 11.3 Å². The lowest BCUT2D eigenvalue weighted by atomic mass is 9.91. The van der Waals surface area contributed by atoms with E-state index in [2.05, 4.69) is 35.5 Å². The van der Waals surface area contributed by atoms with Crippen molar-refractivity contribution < 1.29 is 4.79 Å². The molecule has 0 saturated carbocycles. The Morgan fingerprint density at radius 1 is 1.33 bits per heavy atom. The van der Waals surface area contributed by atoms with Crippen LogP contribution in [0, 0.1) is 5.92 Å². The summed E-state index contributed by atoms with van der Waals surface area (Å²) in [5.74, 6) is 0.576. The Morgan fingerprint density at radius 2 is 2.17 bits per heavy atom. The lowest BCUT2D eigenvalue weighted by Gasteiger charge is -2.14. The highest BCUT2D eigenvalue weighted by molar-refractivity contribution is 7.14. The van der Waals surface area contributed by atoms with Crippen molar-refractivity contribution in [3.63, 3.8) is 0 Å². The highest BCUT2D eigenvalue weighted by atomic mass is 32.1. The first kappa shape index (κ1) is 16.7. The van der Waals surface area contributed by atoms with Crippen molar-refractivity contribution in [2.75, 3.05) is 5.32 Å². The number of allylic oxidation sites excluding steroid dienone is 4. The van der Waals surface area contributed by atoms with E-state index in [1.165, 1.54) is 29.8 Å².